The summed E-state index contributed by atoms with van der Waals surface area (Å²) in [6.07, 6.45) is 6.64. The van der Waals surface area contributed by atoms with Crippen molar-refractivity contribution >= 4 is 45.8 Å². The van der Waals surface area contributed by atoms with Crippen molar-refractivity contribution in [3.8, 4) is 0 Å². The first-order valence-corrected chi connectivity index (χ1v) is 14.7. The first-order chi connectivity index (χ1) is 18.8. The topological polar surface area (TPSA) is 95.9 Å². The van der Waals surface area contributed by atoms with Crippen LogP contribution in [-0.4, -0.2) is 89.3 Å². The van der Waals surface area contributed by atoms with E-state index >= 15 is 0 Å². The number of hydrazine groups is 1. The third kappa shape index (κ3) is 6.39. The van der Waals surface area contributed by atoms with Gasteiger partial charge in [-0.25, -0.2) is 0 Å². The summed E-state index contributed by atoms with van der Waals surface area (Å²) >= 11 is 9.97. The summed E-state index contributed by atoms with van der Waals surface area (Å²) < 4.78 is 0.992. The highest BCUT2D eigenvalue weighted by atomic mass is 79.9. The molecular formula is C28H35BrClN7O2. The second kappa shape index (κ2) is 12.2. The fraction of sp³-hybridized carbons (Fsp3) is 0.500. The molecule has 2 aromatic rings. The highest BCUT2D eigenvalue weighted by Gasteiger charge is 2.34. The average Bonchev–Trinajstić information content (AvgIpc) is 3.09. The van der Waals surface area contributed by atoms with E-state index in [-0.39, 0.29) is 17.9 Å². The monoisotopic (exact) mass is 615 g/mol. The molecular weight excluding hydrogens is 582 g/mol. The van der Waals surface area contributed by atoms with Crippen molar-refractivity contribution in [1.82, 2.24) is 30.1 Å². The second-order valence-corrected chi connectivity index (χ2v) is 12.0. The zero-order chi connectivity index (χ0) is 27.5. The van der Waals surface area contributed by atoms with Crippen LogP contribution in [0.25, 0.3) is 0 Å². The molecule has 0 bridgehead atoms. The molecule has 1 aromatic heterocycles. The minimum atomic E-state index is 0.0478. The van der Waals surface area contributed by atoms with Gasteiger partial charge in [-0.05, 0) is 82.4 Å². The summed E-state index contributed by atoms with van der Waals surface area (Å²) in [5.74, 6) is 0.755. The van der Waals surface area contributed by atoms with Gasteiger partial charge < -0.3 is 9.80 Å². The Kier molecular flexibility index (Phi) is 8.73. The van der Waals surface area contributed by atoms with E-state index in [2.05, 4.69) is 44.5 Å². The standard InChI is InChI=1S/C28H35BrClN7O2/c1-34(18-38)33-28(31)37-8-6-19(7-9-37)14-25(39)35-10-12-36(13-11-35)27-24-5-4-23(30)16-20(24)2-3-21-15-22(29)17-32-26(21)27/h4-5,15-19,27H,2-3,6-14H2,1H3,(H2,31,33). The largest absolute Gasteiger partial charge is 0.342 e. The maximum absolute atomic E-state index is 13.2. The van der Waals surface area contributed by atoms with E-state index in [1.165, 1.54) is 21.7 Å². The SMILES string of the molecule is CN(C=O)NC(=N)N1CCC(CC(=O)N2CCN(C3c4ccc(Cl)cc4CCc4cc(Br)cnc43)CC2)CC1. The van der Waals surface area contributed by atoms with E-state index in [1.807, 2.05) is 22.1 Å². The molecule has 0 radical (unpaired) electrons. The predicted octanol–water partition coefficient (Wildman–Crippen LogP) is 3.46. The average molecular weight is 617 g/mol. The number of hydrogen-bond donors (Lipinski definition) is 2. The molecule has 11 heteroatoms. The van der Waals surface area contributed by atoms with Crippen LogP contribution < -0.4 is 5.43 Å². The van der Waals surface area contributed by atoms with Gasteiger partial charge in [-0.3, -0.25) is 35.3 Å². The molecule has 0 spiro atoms. The lowest BCUT2D eigenvalue weighted by Gasteiger charge is -2.40. The van der Waals surface area contributed by atoms with Gasteiger partial charge in [-0.2, -0.15) is 0 Å². The summed E-state index contributed by atoms with van der Waals surface area (Å²) in [6.45, 7) is 4.41. The zero-order valence-electron chi connectivity index (χ0n) is 22.2. The molecule has 2 saturated heterocycles. The molecule has 1 aromatic carbocycles. The maximum Gasteiger partial charge on any atom is 0.227 e. The number of pyridine rings is 1. The molecule has 2 fully saturated rings. The second-order valence-electron chi connectivity index (χ2n) is 10.7. The van der Waals surface area contributed by atoms with Crippen molar-refractivity contribution in [2.24, 2.45) is 5.92 Å². The van der Waals surface area contributed by atoms with E-state index in [0.717, 1.165) is 54.0 Å². The van der Waals surface area contributed by atoms with Crippen LogP contribution in [0.5, 0.6) is 0 Å². The number of guanidine groups is 1. The van der Waals surface area contributed by atoms with Gasteiger partial charge in [0.15, 0.2) is 0 Å². The number of benzene rings is 1. The molecule has 1 atom stereocenters. The molecule has 0 saturated carbocycles. The van der Waals surface area contributed by atoms with Gasteiger partial charge in [0.1, 0.15) is 0 Å². The van der Waals surface area contributed by atoms with Crippen molar-refractivity contribution in [3.63, 3.8) is 0 Å². The number of amides is 2. The Morgan fingerprint density at radius 3 is 2.56 bits per heavy atom. The van der Waals surface area contributed by atoms with Gasteiger partial charge in [0.05, 0.1) is 11.7 Å². The highest BCUT2D eigenvalue weighted by Crippen LogP contribution is 2.38. The number of hydrogen-bond acceptors (Lipinski definition) is 5. The Hall–Kier alpha value is -2.69. The molecule has 3 aliphatic rings. The van der Waals surface area contributed by atoms with Crippen LogP contribution in [0.3, 0.4) is 0 Å². The van der Waals surface area contributed by atoms with Crippen LogP contribution in [0.4, 0.5) is 0 Å². The molecule has 2 aliphatic heterocycles. The van der Waals surface area contributed by atoms with Gasteiger partial charge in [0.25, 0.3) is 0 Å². The molecule has 5 rings (SSSR count). The van der Waals surface area contributed by atoms with Crippen molar-refractivity contribution in [2.75, 3.05) is 46.3 Å². The molecule has 3 heterocycles. The first-order valence-electron chi connectivity index (χ1n) is 13.5. The number of carbonyl (C=O) groups excluding carboxylic acids is 2. The Morgan fingerprint density at radius 1 is 1.13 bits per heavy atom. The van der Waals surface area contributed by atoms with Crippen LogP contribution in [0.15, 0.2) is 34.9 Å². The number of rotatable bonds is 5. The quantitative estimate of drug-likeness (QED) is 0.231. The number of piperidine rings is 1. The zero-order valence-corrected chi connectivity index (χ0v) is 24.5. The molecule has 39 heavy (non-hydrogen) atoms. The summed E-state index contributed by atoms with van der Waals surface area (Å²) in [5, 5.41) is 10.1. The number of halogens is 2. The van der Waals surface area contributed by atoms with Crippen molar-refractivity contribution in [2.45, 2.75) is 38.1 Å². The fourth-order valence-corrected chi connectivity index (χ4v) is 6.59. The lowest BCUT2D eigenvalue weighted by molar-refractivity contribution is -0.134. The van der Waals surface area contributed by atoms with E-state index in [4.69, 9.17) is 22.0 Å². The molecule has 1 aliphatic carbocycles. The van der Waals surface area contributed by atoms with Gasteiger partial charge in [-0.1, -0.05) is 17.7 Å². The third-order valence-electron chi connectivity index (χ3n) is 8.16. The summed E-state index contributed by atoms with van der Waals surface area (Å²) in [4.78, 5) is 35.3. The fourth-order valence-electron chi connectivity index (χ4n) is 6.01. The normalized spacial score (nSPS) is 20.0. The van der Waals surface area contributed by atoms with Gasteiger partial charge in [-0.15, -0.1) is 0 Å². The Morgan fingerprint density at radius 2 is 1.85 bits per heavy atom. The summed E-state index contributed by atoms with van der Waals surface area (Å²) in [7, 11) is 1.57. The maximum atomic E-state index is 13.2. The summed E-state index contributed by atoms with van der Waals surface area (Å²) in [6, 6.07) is 8.45. The highest BCUT2D eigenvalue weighted by molar-refractivity contribution is 9.10. The van der Waals surface area contributed by atoms with E-state index in [9.17, 15) is 9.59 Å². The van der Waals surface area contributed by atoms with Crippen molar-refractivity contribution < 1.29 is 9.59 Å². The van der Waals surface area contributed by atoms with E-state index in [1.54, 1.807) is 7.05 Å². The number of piperazine rings is 1. The molecule has 208 valence electrons. The van der Waals surface area contributed by atoms with Gasteiger partial charge in [0, 0.05) is 68.4 Å². The minimum Gasteiger partial charge on any atom is -0.342 e. The molecule has 1 unspecified atom stereocenters. The number of aryl methyl sites for hydroxylation is 2. The molecule has 9 nitrogen and oxygen atoms in total. The third-order valence-corrected chi connectivity index (χ3v) is 8.83. The predicted molar refractivity (Wildman–Crippen MR) is 154 cm³/mol. The number of likely N-dealkylation sites (tertiary alicyclic amines) is 1. The number of nitrogens with one attached hydrogen (secondary N) is 2. The minimum absolute atomic E-state index is 0.0478. The Bertz CT molecular complexity index is 1170. The number of carbonyl (C=O) groups is 2. The van der Waals surface area contributed by atoms with Crippen LogP contribution in [0.2, 0.25) is 5.02 Å². The number of aromatic nitrogens is 1. The number of nitrogens with zero attached hydrogens (tertiary/aromatic N) is 5. The number of fused-ring (bicyclic) bond motifs is 2. The van der Waals surface area contributed by atoms with Gasteiger partial charge in [0.2, 0.25) is 18.3 Å². The van der Waals surface area contributed by atoms with E-state index in [0.29, 0.717) is 44.9 Å². The van der Waals surface area contributed by atoms with Crippen molar-refractivity contribution in [1.29, 1.82) is 5.41 Å². The van der Waals surface area contributed by atoms with Crippen molar-refractivity contribution in [3.05, 3.63) is 62.3 Å². The Balaban J connectivity index is 1.20. The van der Waals surface area contributed by atoms with Crippen LogP contribution in [-0.2, 0) is 22.4 Å². The summed E-state index contributed by atoms with van der Waals surface area (Å²) in [5.41, 5.74) is 7.63. The first kappa shape index (κ1) is 27.9. The van der Waals surface area contributed by atoms with Crippen LogP contribution in [0.1, 0.15) is 47.7 Å². The van der Waals surface area contributed by atoms with E-state index < -0.39 is 0 Å². The Labute approximate surface area is 243 Å². The lowest BCUT2D eigenvalue weighted by Crippen LogP contribution is -2.51. The molecule has 2 amide bonds. The van der Waals surface area contributed by atoms with Gasteiger partial charge >= 0.3 is 0 Å². The molecule has 2 N–H and O–H groups in total. The lowest BCUT2D eigenvalue weighted by atomic mass is 9.93. The van der Waals surface area contributed by atoms with Crippen LogP contribution >= 0.6 is 27.5 Å². The van der Waals surface area contributed by atoms with Crippen LogP contribution in [0, 0.1) is 11.3 Å². The smallest absolute Gasteiger partial charge is 0.227 e.